The second-order valence-corrected chi connectivity index (χ2v) is 5.00. The molecule has 0 spiro atoms. The molecule has 0 radical (unpaired) electrons. The quantitative estimate of drug-likeness (QED) is 0.782. The van der Waals surface area contributed by atoms with Gasteiger partial charge in [-0.2, -0.15) is 8.42 Å². The molecule has 1 aromatic carbocycles. The molecule has 1 unspecified atom stereocenters. The third-order valence-corrected chi connectivity index (χ3v) is 3.10. The maximum atomic E-state index is 11.4. The molecule has 1 atom stereocenters. The molecule has 0 amide bonds. The van der Waals surface area contributed by atoms with E-state index in [-0.39, 0.29) is 5.75 Å². The summed E-state index contributed by atoms with van der Waals surface area (Å²) in [5.41, 5.74) is 6.07. The Labute approximate surface area is 94.3 Å². The lowest BCUT2D eigenvalue weighted by molar-refractivity contribution is -0.135. The molecule has 6 heteroatoms. The summed E-state index contributed by atoms with van der Waals surface area (Å²) in [7, 11) is -3.80. The highest BCUT2D eigenvalue weighted by Gasteiger charge is 2.22. The molecular weight excluding hydrogens is 230 g/mol. The maximum absolute atomic E-state index is 11.4. The molecule has 0 heterocycles. The van der Waals surface area contributed by atoms with Crippen LogP contribution in [0.5, 0.6) is 0 Å². The predicted octanol–water partition coefficient (Wildman–Crippen LogP) is 0.579. The second-order valence-electron chi connectivity index (χ2n) is 3.14. The van der Waals surface area contributed by atoms with E-state index in [4.69, 9.17) is 5.73 Å². The Morgan fingerprint density at radius 1 is 1.38 bits per heavy atom. The Bertz CT molecular complexity index is 455. The third kappa shape index (κ3) is 3.32. The summed E-state index contributed by atoms with van der Waals surface area (Å²) in [6.07, 6.45) is 0. The van der Waals surface area contributed by atoms with Crippen molar-refractivity contribution in [2.75, 3.05) is 5.75 Å². The van der Waals surface area contributed by atoms with E-state index in [1.54, 1.807) is 30.3 Å². The predicted molar refractivity (Wildman–Crippen MR) is 58.9 cm³/mol. The van der Waals surface area contributed by atoms with Crippen LogP contribution in [0.4, 0.5) is 0 Å². The molecule has 0 saturated heterocycles. The van der Waals surface area contributed by atoms with E-state index in [0.717, 1.165) is 0 Å². The van der Waals surface area contributed by atoms with E-state index in [0.29, 0.717) is 5.56 Å². The number of hydrogen-bond donors (Lipinski definition) is 1. The first-order valence-electron chi connectivity index (χ1n) is 4.73. The zero-order chi connectivity index (χ0) is 12.2. The first-order valence-corrected chi connectivity index (χ1v) is 6.30. The Kier molecular flexibility index (Phi) is 4.03. The summed E-state index contributed by atoms with van der Waals surface area (Å²) in [4.78, 5) is 11.4. The Balaban J connectivity index is 2.77. The molecule has 0 saturated carbocycles. The molecule has 88 valence electrons. The fraction of sp³-hybridized carbons (Fsp3) is 0.300. The lowest BCUT2D eigenvalue weighted by atomic mass is 10.1. The van der Waals surface area contributed by atoms with E-state index < -0.39 is 22.1 Å². The lowest BCUT2D eigenvalue weighted by Crippen LogP contribution is -2.26. The molecule has 16 heavy (non-hydrogen) atoms. The van der Waals surface area contributed by atoms with E-state index in [2.05, 4.69) is 4.18 Å². The van der Waals surface area contributed by atoms with Crippen LogP contribution < -0.4 is 5.73 Å². The molecule has 1 rings (SSSR count). The molecule has 0 fully saturated rings. The van der Waals surface area contributed by atoms with Gasteiger partial charge >= 0.3 is 16.1 Å². The van der Waals surface area contributed by atoms with Gasteiger partial charge in [0.2, 0.25) is 0 Å². The SMILES string of the molecule is CCS(=O)(=O)OC(=O)C(N)c1ccccc1. The standard InChI is InChI=1S/C10H13NO4S/c1-2-16(13,14)15-10(12)9(11)8-6-4-3-5-7-8/h3-7,9H,2,11H2,1H3. The maximum Gasteiger partial charge on any atom is 0.343 e. The fourth-order valence-corrected chi connectivity index (χ4v) is 1.50. The van der Waals surface area contributed by atoms with E-state index in [1.807, 2.05) is 0 Å². The summed E-state index contributed by atoms with van der Waals surface area (Å²) in [6.45, 7) is 1.39. The van der Waals surface area contributed by atoms with Crippen LogP contribution in [0.1, 0.15) is 18.5 Å². The molecule has 2 N–H and O–H groups in total. The van der Waals surface area contributed by atoms with E-state index in [9.17, 15) is 13.2 Å². The highest BCUT2D eigenvalue weighted by atomic mass is 32.2. The second kappa shape index (κ2) is 5.09. The van der Waals surface area contributed by atoms with Gasteiger partial charge in [-0.3, -0.25) is 0 Å². The highest BCUT2D eigenvalue weighted by molar-refractivity contribution is 7.87. The number of nitrogens with two attached hydrogens (primary N) is 1. The largest absolute Gasteiger partial charge is 0.344 e. The Morgan fingerprint density at radius 3 is 2.44 bits per heavy atom. The number of carbonyl (C=O) groups excluding carboxylic acids is 1. The van der Waals surface area contributed by atoms with Crippen LogP contribution in [0.15, 0.2) is 30.3 Å². The summed E-state index contributed by atoms with van der Waals surface area (Å²) in [5, 5.41) is 0. The van der Waals surface area contributed by atoms with Crippen molar-refractivity contribution in [2.45, 2.75) is 13.0 Å². The molecule has 1 aromatic rings. The number of rotatable bonds is 4. The van der Waals surface area contributed by atoms with Crippen molar-refractivity contribution in [3.05, 3.63) is 35.9 Å². The van der Waals surface area contributed by atoms with Crippen molar-refractivity contribution in [1.82, 2.24) is 0 Å². The number of hydrogen-bond acceptors (Lipinski definition) is 5. The van der Waals surface area contributed by atoms with Gasteiger partial charge in [-0.05, 0) is 12.5 Å². The first-order chi connectivity index (χ1) is 7.46. The normalized spacial score (nSPS) is 13.1. The summed E-state index contributed by atoms with van der Waals surface area (Å²) in [6, 6.07) is 7.36. The summed E-state index contributed by atoms with van der Waals surface area (Å²) >= 11 is 0. The summed E-state index contributed by atoms with van der Waals surface area (Å²) in [5.74, 6) is -1.23. The minimum atomic E-state index is -3.80. The monoisotopic (exact) mass is 243 g/mol. The van der Waals surface area contributed by atoms with Crippen LogP contribution in [0.25, 0.3) is 0 Å². The van der Waals surface area contributed by atoms with Gasteiger partial charge in [0.25, 0.3) is 0 Å². The minimum Gasteiger partial charge on any atom is -0.344 e. The van der Waals surface area contributed by atoms with Crippen molar-refractivity contribution in [2.24, 2.45) is 5.73 Å². The average molecular weight is 243 g/mol. The van der Waals surface area contributed by atoms with Crippen molar-refractivity contribution in [3.8, 4) is 0 Å². The Morgan fingerprint density at radius 2 is 1.94 bits per heavy atom. The van der Waals surface area contributed by atoms with Gasteiger partial charge in [-0.25, -0.2) is 4.79 Å². The third-order valence-electron chi connectivity index (χ3n) is 1.98. The topological polar surface area (TPSA) is 86.5 Å². The van der Waals surface area contributed by atoms with Crippen LogP contribution in [0.3, 0.4) is 0 Å². The molecule has 0 aromatic heterocycles. The molecule has 0 aliphatic heterocycles. The van der Waals surface area contributed by atoms with Gasteiger partial charge in [0.05, 0.1) is 5.75 Å². The van der Waals surface area contributed by atoms with Crippen LogP contribution in [0, 0.1) is 0 Å². The fourth-order valence-electron chi connectivity index (χ4n) is 1.03. The Hall–Kier alpha value is -1.40. The van der Waals surface area contributed by atoms with E-state index in [1.165, 1.54) is 6.92 Å². The van der Waals surface area contributed by atoms with Crippen molar-refractivity contribution in [3.63, 3.8) is 0 Å². The van der Waals surface area contributed by atoms with Crippen LogP contribution in [-0.2, 0) is 19.1 Å². The van der Waals surface area contributed by atoms with Gasteiger partial charge in [-0.1, -0.05) is 30.3 Å². The van der Waals surface area contributed by atoms with Crippen molar-refractivity contribution >= 4 is 16.1 Å². The van der Waals surface area contributed by atoms with Gasteiger partial charge in [0.1, 0.15) is 6.04 Å². The molecule has 0 aliphatic rings. The molecule has 0 bridgehead atoms. The molecule has 5 nitrogen and oxygen atoms in total. The smallest absolute Gasteiger partial charge is 0.343 e. The van der Waals surface area contributed by atoms with Crippen molar-refractivity contribution < 1.29 is 17.4 Å². The highest BCUT2D eigenvalue weighted by Crippen LogP contribution is 2.12. The average Bonchev–Trinajstić information content (AvgIpc) is 2.28. The number of carbonyl (C=O) groups is 1. The number of benzene rings is 1. The minimum absolute atomic E-state index is 0.264. The van der Waals surface area contributed by atoms with Gasteiger partial charge in [-0.15, -0.1) is 0 Å². The first kappa shape index (κ1) is 12.7. The van der Waals surface area contributed by atoms with Gasteiger partial charge < -0.3 is 9.92 Å². The van der Waals surface area contributed by atoms with Crippen LogP contribution in [-0.4, -0.2) is 20.1 Å². The lowest BCUT2D eigenvalue weighted by Gasteiger charge is -2.10. The molecule has 0 aliphatic carbocycles. The molecular formula is C10H13NO4S. The van der Waals surface area contributed by atoms with Crippen LogP contribution >= 0.6 is 0 Å². The van der Waals surface area contributed by atoms with Crippen molar-refractivity contribution in [1.29, 1.82) is 0 Å². The summed E-state index contributed by atoms with van der Waals surface area (Å²) < 4.78 is 26.4. The van der Waals surface area contributed by atoms with Gasteiger partial charge in [0.15, 0.2) is 0 Å². The van der Waals surface area contributed by atoms with E-state index >= 15 is 0 Å². The van der Waals surface area contributed by atoms with Gasteiger partial charge in [0, 0.05) is 0 Å². The zero-order valence-electron chi connectivity index (χ0n) is 8.79. The zero-order valence-corrected chi connectivity index (χ0v) is 9.61. The van der Waals surface area contributed by atoms with Crippen LogP contribution in [0.2, 0.25) is 0 Å².